The lowest BCUT2D eigenvalue weighted by molar-refractivity contribution is -0.120. The zero-order chi connectivity index (χ0) is 22.4. The van der Waals surface area contributed by atoms with Crippen molar-refractivity contribution in [2.24, 2.45) is 0 Å². The summed E-state index contributed by atoms with van der Waals surface area (Å²) < 4.78 is 4.73. The smallest absolute Gasteiger partial charge is 0.350 e. The van der Waals surface area contributed by atoms with Crippen molar-refractivity contribution in [1.29, 1.82) is 0 Å². The molecule has 1 aromatic heterocycles. The Morgan fingerprint density at radius 1 is 0.935 bits per heavy atom. The van der Waals surface area contributed by atoms with Crippen LogP contribution < -0.4 is 10.6 Å². The lowest BCUT2D eigenvalue weighted by Gasteiger charge is -2.33. The predicted octanol–water partition coefficient (Wildman–Crippen LogP) is 2.35. The number of nitrogens with one attached hydrogen (secondary N) is 2. The summed E-state index contributed by atoms with van der Waals surface area (Å²) in [7, 11) is 1.31. The number of anilines is 2. The second-order valence-electron chi connectivity index (χ2n) is 7.55. The second-order valence-corrected chi connectivity index (χ2v) is 8.47. The molecular weight excluding hydrogens is 416 g/mol. The van der Waals surface area contributed by atoms with E-state index in [0.29, 0.717) is 43.3 Å². The van der Waals surface area contributed by atoms with Gasteiger partial charge in [-0.1, -0.05) is 12.1 Å². The number of nitrogens with zero attached hydrogens (tertiary/aromatic N) is 2. The van der Waals surface area contributed by atoms with Crippen molar-refractivity contribution in [2.75, 3.05) is 57.0 Å². The summed E-state index contributed by atoms with van der Waals surface area (Å²) in [6, 6.07) is 7.57. The zero-order valence-corrected chi connectivity index (χ0v) is 18.9. The maximum absolute atomic E-state index is 12.4. The highest BCUT2D eigenvalue weighted by Crippen LogP contribution is 2.23. The molecule has 8 nitrogen and oxygen atoms in total. The van der Waals surface area contributed by atoms with Crippen molar-refractivity contribution >= 4 is 40.5 Å². The minimum Gasteiger partial charge on any atom is -0.465 e. The van der Waals surface area contributed by atoms with Gasteiger partial charge in [-0.2, -0.15) is 0 Å². The lowest BCUT2D eigenvalue weighted by Crippen LogP contribution is -2.50. The first-order chi connectivity index (χ1) is 14.9. The van der Waals surface area contributed by atoms with Gasteiger partial charge < -0.3 is 15.4 Å². The molecular formula is C22H28N4O4S. The van der Waals surface area contributed by atoms with E-state index in [1.807, 2.05) is 36.9 Å². The molecule has 2 heterocycles. The van der Waals surface area contributed by atoms with Crippen LogP contribution in [0.15, 0.2) is 29.6 Å². The fraction of sp³-hybridized carbons (Fsp3) is 0.409. The third-order valence-corrected chi connectivity index (χ3v) is 6.28. The van der Waals surface area contributed by atoms with Gasteiger partial charge in [-0.05, 0) is 42.5 Å². The van der Waals surface area contributed by atoms with Gasteiger partial charge in [0, 0.05) is 31.9 Å². The van der Waals surface area contributed by atoms with Crippen molar-refractivity contribution < 1.29 is 19.1 Å². The molecule has 2 aromatic rings. The number of ether oxygens (including phenoxy) is 1. The largest absolute Gasteiger partial charge is 0.465 e. The Morgan fingerprint density at radius 3 is 2.10 bits per heavy atom. The van der Waals surface area contributed by atoms with Crippen LogP contribution >= 0.6 is 11.3 Å². The van der Waals surface area contributed by atoms with Crippen LogP contribution in [0.2, 0.25) is 0 Å². The number of carbonyl (C=O) groups is 3. The molecule has 0 aliphatic carbocycles. The average molecular weight is 445 g/mol. The summed E-state index contributed by atoms with van der Waals surface area (Å²) in [4.78, 5) is 41.1. The topological polar surface area (TPSA) is 91.0 Å². The van der Waals surface area contributed by atoms with E-state index < -0.39 is 5.97 Å². The van der Waals surface area contributed by atoms with Crippen molar-refractivity contribution in [3.63, 3.8) is 0 Å². The summed E-state index contributed by atoms with van der Waals surface area (Å²) >= 11 is 1.23. The Bertz CT molecular complexity index is 951. The third kappa shape index (κ3) is 6.13. The molecule has 1 aliphatic heterocycles. The molecule has 3 rings (SSSR count). The molecule has 2 N–H and O–H groups in total. The molecule has 2 amide bonds. The van der Waals surface area contributed by atoms with Crippen LogP contribution in [0, 0.1) is 13.8 Å². The van der Waals surface area contributed by atoms with Crippen LogP contribution in [0.3, 0.4) is 0 Å². The molecule has 1 aliphatic rings. The summed E-state index contributed by atoms with van der Waals surface area (Å²) in [6.07, 6.45) is 0. The second kappa shape index (κ2) is 10.5. The van der Waals surface area contributed by atoms with E-state index >= 15 is 0 Å². The number of hydrogen-bond donors (Lipinski definition) is 2. The molecule has 0 saturated carbocycles. The van der Waals surface area contributed by atoms with E-state index in [0.717, 1.165) is 16.8 Å². The molecule has 0 bridgehead atoms. The SMILES string of the molecule is COC(=O)c1sccc1NC(=O)CN1CCN(CC(=O)Nc2cccc(C)c2C)CC1. The van der Waals surface area contributed by atoms with Crippen LogP contribution in [0.4, 0.5) is 11.4 Å². The first-order valence-electron chi connectivity index (χ1n) is 10.1. The molecule has 9 heteroatoms. The van der Waals surface area contributed by atoms with Gasteiger partial charge in [0.1, 0.15) is 4.88 Å². The number of benzene rings is 1. The maximum Gasteiger partial charge on any atom is 0.350 e. The summed E-state index contributed by atoms with van der Waals surface area (Å²) in [5, 5.41) is 7.52. The average Bonchev–Trinajstić information content (AvgIpc) is 3.20. The lowest BCUT2D eigenvalue weighted by atomic mass is 10.1. The Kier molecular flexibility index (Phi) is 7.78. The van der Waals surface area contributed by atoms with Crippen LogP contribution in [-0.4, -0.2) is 74.0 Å². The van der Waals surface area contributed by atoms with Gasteiger partial charge in [-0.15, -0.1) is 11.3 Å². The van der Waals surface area contributed by atoms with E-state index in [9.17, 15) is 14.4 Å². The third-order valence-electron chi connectivity index (χ3n) is 5.39. The maximum atomic E-state index is 12.4. The van der Waals surface area contributed by atoms with Gasteiger partial charge in [0.05, 0.1) is 25.9 Å². The van der Waals surface area contributed by atoms with E-state index in [2.05, 4.69) is 15.5 Å². The fourth-order valence-electron chi connectivity index (χ4n) is 3.44. The van der Waals surface area contributed by atoms with Crippen molar-refractivity contribution in [3.8, 4) is 0 Å². The molecule has 1 aromatic carbocycles. The van der Waals surface area contributed by atoms with Gasteiger partial charge in [-0.25, -0.2) is 4.79 Å². The van der Waals surface area contributed by atoms with Gasteiger partial charge in [-0.3, -0.25) is 19.4 Å². The minimum atomic E-state index is -0.460. The van der Waals surface area contributed by atoms with Crippen molar-refractivity contribution in [2.45, 2.75) is 13.8 Å². The summed E-state index contributed by atoms with van der Waals surface area (Å²) in [5.74, 6) is -0.671. The number of methoxy groups -OCH3 is 1. The molecule has 0 atom stereocenters. The molecule has 1 saturated heterocycles. The Hall–Kier alpha value is -2.75. The fourth-order valence-corrected chi connectivity index (χ4v) is 4.20. The standard InChI is InChI=1S/C22H28N4O4S/c1-15-5-4-6-17(16(15)2)23-19(27)13-25-8-10-26(11-9-25)14-20(28)24-18-7-12-31-21(18)22(29)30-3/h4-7,12H,8-11,13-14H2,1-3H3,(H,23,27)(H,24,28). The van der Waals surface area contributed by atoms with E-state index in [1.54, 1.807) is 11.4 Å². The highest BCUT2D eigenvalue weighted by Gasteiger charge is 2.22. The summed E-state index contributed by atoms with van der Waals surface area (Å²) in [6.45, 7) is 7.38. The number of thiophene rings is 1. The molecule has 166 valence electrons. The Morgan fingerprint density at radius 2 is 1.52 bits per heavy atom. The zero-order valence-electron chi connectivity index (χ0n) is 18.1. The number of hydrogen-bond acceptors (Lipinski definition) is 7. The first kappa shape index (κ1) is 22.9. The quantitative estimate of drug-likeness (QED) is 0.637. The highest BCUT2D eigenvalue weighted by atomic mass is 32.1. The number of piperazine rings is 1. The van der Waals surface area contributed by atoms with Gasteiger partial charge in [0.2, 0.25) is 11.8 Å². The molecule has 0 spiro atoms. The molecule has 31 heavy (non-hydrogen) atoms. The van der Waals surface area contributed by atoms with Crippen LogP contribution in [0.5, 0.6) is 0 Å². The molecule has 0 unspecified atom stereocenters. The molecule has 1 fully saturated rings. The van der Waals surface area contributed by atoms with Crippen LogP contribution in [-0.2, 0) is 14.3 Å². The Labute approximate surface area is 186 Å². The monoisotopic (exact) mass is 444 g/mol. The Balaban J connectivity index is 1.43. The highest BCUT2D eigenvalue weighted by molar-refractivity contribution is 7.12. The minimum absolute atomic E-state index is 0.0345. The van der Waals surface area contributed by atoms with E-state index in [4.69, 9.17) is 4.74 Å². The predicted molar refractivity (Wildman–Crippen MR) is 122 cm³/mol. The van der Waals surface area contributed by atoms with Gasteiger partial charge in [0.25, 0.3) is 0 Å². The van der Waals surface area contributed by atoms with Crippen molar-refractivity contribution in [1.82, 2.24) is 9.80 Å². The number of aryl methyl sites for hydroxylation is 1. The van der Waals surface area contributed by atoms with Crippen molar-refractivity contribution in [3.05, 3.63) is 45.6 Å². The summed E-state index contributed by atoms with van der Waals surface area (Å²) in [5.41, 5.74) is 3.54. The molecule has 0 radical (unpaired) electrons. The van der Waals surface area contributed by atoms with Crippen LogP contribution in [0.1, 0.15) is 20.8 Å². The van der Waals surface area contributed by atoms with Crippen LogP contribution in [0.25, 0.3) is 0 Å². The normalized spacial score (nSPS) is 14.8. The van der Waals surface area contributed by atoms with Gasteiger partial charge in [0.15, 0.2) is 0 Å². The van der Waals surface area contributed by atoms with E-state index in [1.165, 1.54) is 18.4 Å². The number of esters is 1. The first-order valence-corrected chi connectivity index (χ1v) is 11.0. The number of carbonyl (C=O) groups excluding carboxylic acids is 3. The van der Waals surface area contributed by atoms with E-state index in [-0.39, 0.29) is 18.4 Å². The van der Waals surface area contributed by atoms with Gasteiger partial charge >= 0.3 is 5.97 Å². The number of amides is 2. The number of rotatable bonds is 7.